The van der Waals surface area contributed by atoms with Gasteiger partial charge in [0.1, 0.15) is 0 Å². The molecule has 1 saturated carbocycles. The van der Waals surface area contributed by atoms with Crippen LogP contribution in [-0.4, -0.2) is 18.8 Å². The van der Waals surface area contributed by atoms with E-state index in [1.165, 1.54) is 57.8 Å². The Morgan fingerprint density at radius 2 is 1.76 bits per heavy atom. The lowest BCUT2D eigenvalue weighted by atomic mass is 9.79. The van der Waals surface area contributed by atoms with Crippen molar-refractivity contribution in [3.8, 4) is 0 Å². The third kappa shape index (κ3) is 5.39. The Balaban J connectivity index is 2.14. The lowest BCUT2D eigenvalue weighted by Crippen LogP contribution is -2.44. The first-order chi connectivity index (χ1) is 8.22. The van der Waals surface area contributed by atoms with Crippen LogP contribution in [-0.2, 0) is 4.74 Å². The molecule has 0 saturated heterocycles. The molecule has 0 amide bonds. The van der Waals surface area contributed by atoms with Crippen LogP contribution in [0.15, 0.2) is 0 Å². The van der Waals surface area contributed by atoms with Gasteiger partial charge in [-0.05, 0) is 38.0 Å². The molecule has 0 radical (unpaired) electrons. The van der Waals surface area contributed by atoms with Crippen molar-refractivity contribution in [2.45, 2.75) is 77.2 Å². The zero-order valence-corrected chi connectivity index (χ0v) is 11.8. The number of rotatable bonds is 8. The number of nitrogens with two attached hydrogens (primary N) is 1. The molecule has 1 aliphatic rings. The van der Waals surface area contributed by atoms with Crippen LogP contribution >= 0.6 is 0 Å². The lowest BCUT2D eigenvalue weighted by Gasteiger charge is -2.38. The minimum atomic E-state index is 0.0251. The molecule has 2 heteroatoms. The first-order valence-electron chi connectivity index (χ1n) is 7.56. The molecule has 1 fully saturated rings. The van der Waals surface area contributed by atoms with Crippen LogP contribution in [0.3, 0.4) is 0 Å². The third-order valence-electron chi connectivity index (χ3n) is 4.21. The van der Waals surface area contributed by atoms with E-state index in [-0.39, 0.29) is 5.60 Å². The molecule has 0 bridgehead atoms. The van der Waals surface area contributed by atoms with Crippen LogP contribution in [0.5, 0.6) is 0 Å². The molecule has 2 N–H and O–H groups in total. The summed E-state index contributed by atoms with van der Waals surface area (Å²) in [5, 5.41) is 0. The average molecular weight is 241 g/mol. The standard InChI is InChI=1S/C15H31NO/c1-3-4-5-6-7-12-17-15(13-16)10-8-14(2)9-11-15/h14H,3-13,16H2,1-2H3. The summed E-state index contributed by atoms with van der Waals surface area (Å²) < 4.78 is 6.12. The van der Waals surface area contributed by atoms with Crippen molar-refractivity contribution >= 4 is 0 Å². The van der Waals surface area contributed by atoms with E-state index in [2.05, 4.69) is 13.8 Å². The fraction of sp³-hybridized carbons (Fsp3) is 1.00. The molecule has 0 unspecified atom stereocenters. The first-order valence-corrected chi connectivity index (χ1v) is 7.56. The highest BCUT2D eigenvalue weighted by Crippen LogP contribution is 2.34. The van der Waals surface area contributed by atoms with Gasteiger partial charge in [-0.2, -0.15) is 0 Å². The second kappa shape index (κ2) is 8.10. The predicted octanol–water partition coefficient (Wildman–Crippen LogP) is 3.88. The summed E-state index contributed by atoms with van der Waals surface area (Å²) in [7, 11) is 0. The van der Waals surface area contributed by atoms with E-state index in [1.807, 2.05) is 0 Å². The summed E-state index contributed by atoms with van der Waals surface area (Å²) in [5.41, 5.74) is 5.95. The quantitative estimate of drug-likeness (QED) is 0.654. The van der Waals surface area contributed by atoms with E-state index < -0.39 is 0 Å². The Morgan fingerprint density at radius 1 is 1.12 bits per heavy atom. The summed E-state index contributed by atoms with van der Waals surface area (Å²) in [5.74, 6) is 0.864. The summed E-state index contributed by atoms with van der Waals surface area (Å²) >= 11 is 0. The highest BCUT2D eigenvalue weighted by atomic mass is 16.5. The van der Waals surface area contributed by atoms with Crippen molar-refractivity contribution in [1.29, 1.82) is 0 Å². The molecule has 0 aromatic carbocycles. The van der Waals surface area contributed by atoms with E-state index in [0.29, 0.717) is 6.54 Å². The van der Waals surface area contributed by atoms with E-state index in [1.54, 1.807) is 0 Å². The SMILES string of the molecule is CCCCCCCOC1(CN)CCC(C)CC1. The number of hydrogen-bond acceptors (Lipinski definition) is 2. The molecule has 0 aromatic heterocycles. The number of ether oxygens (including phenoxy) is 1. The summed E-state index contributed by atoms with van der Waals surface area (Å²) in [6.45, 7) is 6.21. The van der Waals surface area contributed by atoms with Gasteiger partial charge < -0.3 is 10.5 Å². The molecule has 1 aliphatic carbocycles. The first kappa shape index (κ1) is 15.0. The average Bonchev–Trinajstić information content (AvgIpc) is 2.36. The number of hydrogen-bond donors (Lipinski definition) is 1. The van der Waals surface area contributed by atoms with Gasteiger partial charge in [0.05, 0.1) is 5.60 Å². The predicted molar refractivity (Wildman–Crippen MR) is 74.1 cm³/mol. The molecular weight excluding hydrogens is 210 g/mol. The molecule has 0 aromatic rings. The van der Waals surface area contributed by atoms with Crippen LogP contribution in [0.25, 0.3) is 0 Å². The van der Waals surface area contributed by atoms with Crippen molar-refractivity contribution in [3.63, 3.8) is 0 Å². The molecule has 0 aliphatic heterocycles. The molecule has 1 rings (SSSR count). The zero-order valence-electron chi connectivity index (χ0n) is 11.8. The van der Waals surface area contributed by atoms with Gasteiger partial charge in [0, 0.05) is 13.2 Å². The van der Waals surface area contributed by atoms with Gasteiger partial charge in [-0.1, -0.05) is 39.5 Å². The fourth-order valence-corrected chi connectivity index (χ4v) is 2.69. The van der Waals surface area contributed by atoms with E-state index in [4.69, 9.17) is 10.5 Å². The van der Waals surface area contributed by atoms with Crippen LogP contribution < -0.4 is 5.73 Å². The lowest BCUT2D eigenvalue weighted by molar-refractivity contribution is -0.0712. The van der Waals surface area contributed by atoms with Gasteiger partial charge in [0.15, 0.2) is 0 Å². The maximum Gasteiger partial charge on any atom is 0.0804 e. The van der Waals surface area contributed by atoms with Crippen LogP contribution in [0.1, 0.15) is 71.6 Å². The van der Waals surface area contributed by atoms with Crippen molar-refractivity contribution < 1.29 is 4.74 Å². The van der Waals surface area contributed by atoms with Gasteiger partial charge in [-0.25, -0.2) is 0 Å². The minimum absolute atomic E-state index is 0.0251. The van der Waals surface area contributed by atoms with Gasteiger partial charge in [0.2, 0.25) is 0 Å². The second-order valence-electron chi connectivity index (χ2n) is 5.83. The second-order valence-corrected chi connectivity index (χ2v) is 5.83. The summed E-state index contributed by atoms with van der Waals surface area (Å²) in [4.78, 5) is 0. The molecule has 17 heavy (non-hydrogen) atoms. The maximum absolute atomic E-state index is 6.12. The Bertz CT molecular complexity index is 185. The molecule has 0 heterocycles. The van der Waals surface area contributed by atoms with Gasteiger partial charge >= 0.3 is 0 Å². The Labute approximate surface area is 107 Å². The van der Waals surface area contributed by atoms with Gasteiger partial charge in [-0.15, -0.1) is 0 Å². The van der Waals surface area contributed by atoms with Crippen molar-refractivity contribution in [1.82, 2.24) is 0 Å². The third-order valence-corrected chi connectivity index (χ3v) is 4.21. The Morgan fingerprint density at radius 3 is 2.35 bits per heavy atom. The van der Waals surface area contributed by atoms with E-state index in [0.717, 1.165) is 12.5 Å². The Kier molecular flexibility index (Phi) is 7.14. The Hall–Kier alpha value is -0.0800. The van der Waals surface area contributed by atoms with Crippen LogP contribution in [0, 0.1) is 5.92 Å². The van der Waals surface area contributed by atoms with Crippen molar-refractivity contribution in [3.05, 3.63) is 0 Å². The van der Waals surface area contributed by atoms with Crippen molar-refractivity contribution in [2.24, 2.45) is 11.7 Å². The van der Waals surface area contributed by atoms with Crippen LogP contribution in [0.4, 0.5) is 0 Å². The van der Waals surface area contributed by atoms with Crippen molar-refractivity contribution in [2.75, 3.05) is 13.2 Å². The van der Waals surface area contributed by atoms with Gasteiger partial charge in [0.25, 0.3) is 0 Å². The molecule has 0 atom stereocenters. The van der Waals surface area contributed by atoms with Gasteiger partial charge in [-0.3, -0.25) is 0 Å². The maximum atomic E-state index is 6.12. The fourth-order valence-electron chi connectivity index (χ4n) is 2.69. The molecule has 2 nitrogen and oxygen atoms in total. The molecule has 0 spiro atoms. The molecular formula is C15H31NO. The summed E-state index contributed by atoms with van der Waals surface area (Å²) in [6, 6.07) is 0. The van der Waals surface area contributed by atoms with Crippen LogP contribution in [0.2, 0.25) is 0 Å². The largest absolute Gasteiger partial charge is 0.374 e. The highest BCUT2D eigenvalue weighted by Gasteiger charge is 2.33. The number of unbranched alkanes of at least 4 members (excludes halogenated alkanes) is 4. The smallest absolute Gasteiger partial charge is 0.0804 e. The van der Waals surface area contributed by atoms with E-state index >= 15 is 0 Å². The molecule has 102 valence electrons. The topological polar surface area (TPSA) is 35.2 Å². The normalized spacial score (nSPS) is 29.5. The monoisotopic (exact) mass is 241 g/mol. The highest BCUT2D eigenvalue weighted by molar-refractivity contribution is 4.87. The zero-order chi connectivity index (χ0) is 12.6. The summed E-state index contributed by atoms with van der Waals surface area (Å²) in [6.07, 6.45) is 11.4. The minimum Gasteiger partial charge on any atom is -0.374 e. The van der Waals surface area contributed by atoms with E-state index in [9.17, 15) is 0 Å².